The van der Waals surface area contributed by atoms with Crippen molar-refractivity contribution in [3.63, 3.8) is 0 Å². The molecule has 1 aromatic heterocycles. The highest BCUT2D eigenvalue weighted by molar-refractivity contribution is 7.15. The number of hydrogen-bond donors (Lipinski definition) is 1. The number of hydrogen-bond acceptors (Lipinski definition) is 3. The largest absolute Gasteiger partial charge is 0.312 e. The number of halogens is 1. The molecule has 0 saturated carbocycles. The average Bonchev–Trinajstić information content (AvgIpc) is 2.79. The molecule has 0 aliphatic rings. The summed E-state index contributed by atoms with van der Waals surface area (Å²) < 4.78 is 13.9. The first-order valence-electron chi connectivity index (χ1n) is 7.06. The lowest BCUT2D eigenvalue weighted by molar-refractivity contribution is 0.625. The highest BCUT2D eigenvalue weighted by Crippen LogP contribution is 2.31. The zero-order chi connectivity index (χ0) is 14.5. The topological polar surface area (TPSA) is 24.9 Å². The predicted molar refractivity (Wildman–Crippen MR) is 83.4 cm³/mol. The molecule has 1 N–H and O–H groups in total. The second-order valence-corrected chi connectivity index (χ2v) is 6.33. The van der Waals surface area contributed by atoms with Gasteiger partial charge in [0, 0.05) is 17.0 Å². The summed E-state index contributed by atoms with van der Waals surface area (Å²) in [5, 5.41) is 4.12. The molecule has 20 heavy (non-hydrogen) atoms. The van der Waals surface area contributed by atoms with Gasteiger partial charge in [0.25, 0.3) is 0 Å². The van der Waals surface area contributed by atoms with Crippen LogP contribution < -0.4 is 5.32 Å². The van der Waals surface area contributed by atoms with Crippen molar-refractivity contribution in [2.45, 2.75) is 33.7 Å². The van der Waals surface area contributed by atoms with E-state index in [0.717, 1.165) is 30.2 Å². The Morgan fingerprint density at radius 3 is 2.70 bits per heavy atom. The minimum atomic E-state index is -0.202. The highest BCUT2D eigenvalue weighted by Gasteiger charge is 2.15. The Labute approximate surface area is 124 Å². The van der Waals surface area contributed by atoms with Gasteiger partial charge in [0.1, 0.15) is 10.8 Å². The summed E-state index contributed by atoms with van der Waals surface area (Å²) in [6.45, 7) is 8.18. The highest BCUT2D eigenvalue weighted by atomic mass is 32.1. The summed E-state index contributed by atoms with van der Waals surface area (Å²) in [4.78, 5) is 5.89. The molecule has 0 saturated heterocycles. The fraction of sp³-hybridized carbons (Fsp3) is 0.438. The van der Waals surface area contributed by atoms with E-state index in [0.29, 0.717) is 11.5 Å². The fourth-order valence-electron chi connectivity index (χ4n) is 2.06. The summed E-state index contributed by atoms with van der Waals surface area (Å²) in [5.74, 6) is 0.346. The third kappa shape index (κ3) is 3.64. The molecule has 0 radical (unpaired) electrons. The second kappa shape index (κ2) is 6.95. The Balaban J connectivity index is 2.35. The van der Waals surface area contributed by atoms with Crippen LogP contribution in [-0.4, -0.2) is 11.5 Å². The first kappa shape index (κ1) is 15.1. The maximum atomic E-state index is 13.9. The molecule has 0 unspecified atom stereocenters. The second-order valence-electron chi connectivity index (χ2n) is 5.25. The Bertz CT molecular complexity index is 563. The number of nitrogens with one attached hydrogen (secondary N) is 1. The Kier molecular flexibility index (Phi) is 5.26. The van der Waals surface area contributed by atoms with Gasteiger partial charge < -0.3 is 5.32 Å². The summed E-state index contributed by atoms with van der Waals surface area (Å²) in [6, 6.07) is 6.85. The number of nitrogens with zero attached hydrogens (tertiary/aromatic N) is 1. The summed E-state index contributed by atoms with van der Waals surface area (Å²) in [7, 11) is 0. The zero-order valence-corrected chi connectivity index (χ0v) is 13.1. The molecule has 2 aromatic rings. The van der Waals surface area contributed by atoms with Gasteiger partial charge in [-0.2, -0.15) is 0 Å². The van der Waals surface area contributed by atoms with Crippen LogP contribution in [-0.2, 0) is 13.0 Å². The monoisotopic (exact) mass is 292 g/mol. The third-order valence-electron chi connectivity index (χ3n) is 3.02. The molecule has 0 atom stereocenters. The summed E-state index contributed by atoms with van der Waals surface area (Å²) >= 11 is 1.60. The van der Waals surface area contributed by atoms with Crippen molar-refractivity contribution in [3.8, 4) is 10.6 Å². The van der Waals surface area contributed by atoms with Crippen LogP contribution in [0.15, 0.2) is 24.3 Å². The van der Waals surface area contributed by atoms with Gasteiger partial charge in [-0.1, -0.05) is 32.9 Å². The molecule has 0 aliphatic heterocycles. The van der Waals surface area contributed by atoms with Crippen LogP contribution in [0.1, 0.15) is 31.3 Å². The molecule has 0 amide bonds. The lowest BCUT2D eigenvalue weighted by Crippen LogP contribution is -2.12. The third-order valence-corrected chi connectivity index (χ3v) is 4.15. The van der Waals surface area contributed by atoms with Gasteiger partial charge in [0.05, 0.1) is 5.69 Å². The summed E-state index contributed by atoms with van der Waals surface area (Å²) in [6.07, 6.45) is 0.936. The minimum Gasteiger partial charge on any atom is -0.312 e. The van der Waals surface area contributed by atoms with Crippen molar-refractivity contribution < 1.29 is 4.39 Å². The number of rotatable bonds is 6. The van der Waals surface area contributed by atoms with E-state index in [-0.39, 0.29) is 5.82 Å². The van der Waals surface area contributed by atoms with E-state index >= 15 is 0 Å². The predicted octanol–water partition coefficient (Wildman–Crippen LogP) is 4.26. The van der Waals surface area contributed by atoms with E-state index in [4.69, 9.17) is 0 Å². The van der Waals surface area contributed by atoms with Crippen LogP contribution in [0.25, 0.3) is 10.6 Å². The molecule has 0 spiro atoms. The van der Waals surface area contributed by atoms with Gasteiger partial charge in [0.2, 0.25) is 0 Å². The van der Waals surface area contributed by atoms with Crippen LogP contribution in [0, 0.1) is 11.7 Å². The van der Waals surface area contributed by atoms with Crippen LogP contribution in [0.5, 0.6) is 0 Å². The Hall–Kier alpha value is -1.26. The van der Waals surface area contributed by atoms with Gasteiger partial charge >= 0.3 is 0 Å². The molecule has 0 bridgehead atoms. The average molecular weight is 292 g/mol. The van der Waals surface area contributed by atoms with Crippen LogP contribution >= 0.6 is 11.3 Å². The van der Waals surface area contributed by atoms with Crippen LogP contribution in [0.4, 0.5) is 4.39 Å². The van der Waals surface area contributed by atoms with Gasteiger partial charge in [0.15, 0.2) is 0 Å². The molecular formula is C16H21FN2S. The first-order chi connectivity index (χ1) is 9.61. The Morgan fingerprint density at radius 1 is 1.30 bits per heavy atom. The fourth-order valence-corrected chi connectivity index (χ4v) is 3.14. The molecule has 108 valence electrons. The number of thiazole rings is 1. The zero-order valence-electron chi connectivity index (χ0n) is 12.2. The van der Waals surface area contributed by atoms with E-state index in [1.807, 2.05) is 6.07 Å². The van der Waals surface area contributed by atoms with E-state index in [9.17, 15) is 4.39 Å². The maximum Gasteiger partial charge on any atom is 0.133 e. The van der Waals surface area contributed by atoms with Gasteiger partial charge in [-0.05, 0) is 31.0 Å². The lowest BCUT2D eigenvalue weighted by Gasteiger charge is -2.04. The molecule has 1 aromatic carbocycles. The smallest absolute Gasteiger partial charge is 0.133 e. The molecule has 0 fully saturated rings. The maximum absolute atomic E-state index is 13.9. The van der Waals surface area contributed by atoms with Gasteiger partial charge in [-0.25, -0.2) is 9.37 Å². The number of benzene rings is 1. The molecule has 2 nitrogen and oxygen atoms in total. The van der Waals surface area contributed by atoms with Crippen molar-refractivity contribution in [1.82, 2.24) is 10.3 Å². The Morgan fingerprint density at radius 2 is 2.05 bits per heavy atom. The molecule has 0 aliphatic carbocycles. The lowest BCUT2D eigenvalue weighted by atomic mass is 10.1. The van der Waals surface area contributed by atoms with E-state index in [2.05, 4.69) is 31.1 Å². The van der Waals surface area contributed by atoms with Crippen molar-refractivity contribution in [2.75, 3.05) is 6.54 Å². The van der Waals surface area contributed by atoms with Gasteiger partial charge in [-0.3, -0.25) is 0 Å². The standard InChI is InChI=1S/C16H21FN2S/c1-4-18-10-15-14(9-11(2)3)19-16(20-15)12-7-5-6-8-13(12)17/h5-8,11,18H,4,9-10H2,1-3H3. The van der Waals surface area contributed by atoms with Crippen LogP contribution in [0.2, 0.25) is 0 Å². The van der Waals surface area contributed by atoms with E-state index in [1.54, 1.807) is 23.5 Å². The molecule has 4 heteroatoms. The van der Waals surface area contributed by atoms with E-state index in [1.165, 1.54) is 10.9 Å². The van der Waals surface area contributed by atoms with Crippen molar-refractivity contribution in [3.05, 3.63) is 40.7 Å². The van der Waals surface area contributed by atoms with Crippen molar-refractivity contribution >= 4 is 11.3 Å². The SMILES string of the molecule is CCNCc1sc(-c2ccccc2F)nc1CC(C)C. The van der Waals surface area contributed by atoms with Gasteiger partial charge in [-0.15, -0.1) is 11.3 Å². The van der Waals surface area contributed by atoms with E-state index < -0.39 is 0 Å². The molecule has 1 heterocycles. The number of aromatic nitrogens is 1. The quantitative estimate of drug-likeness (QED) is 0.860. The van der Waals surface area contributed by atoms with Crippen LogP contribution in [0.3, 0.4) is 0 Å². The molecular weight excluding hydrogens is 271 g/mol. The summed E-state index contributed by atoms with van der Waals surface area (Å²) in [5.41, 5.74) is 1.70. The van der Waals surface area contributed by atoms with Crippen molar-refractivity contribution in [1.29, 1.82) is 0 Å². The molecule has 2 rings (SSSR count). The normalized spacial score (nSPS) is 11.2. The van der Waals surface area contributed by atoms with Crippen molar-refractivity contribution in [2.24, 2.45) is 5.92 Å². The minimum absolute atomic E-state index is 0.202. The first-order valence-corrected chi connectivity index (χ1v) is 7.87.